The number of fused-ring (bicyclic) bond motifs is 1. The smallest absolute Gasteiger partial charge is 0.341 e. The fourth-order valence-corrected chi connectivity index (χ4v) is 3.94. The number of thiazole rings is 1. The number of aryl methyl sites for hydroxylation is 1. The molecule has 0 bridgehead atoms. The highest BCUT2D eigenvalue weighted by Gasteiger charge is 2.17. The van der Waals surface area contributed by atoms with Crippen molar-refractivity contribution < 1.29 is 23.8 Å². The van der Waals surface area contributed by atoms with Gasteiger partial charge < -0.3 is 19.5 Å². The molecule has 0 aliphatic rings. The Morgan fingerprint density at radius 3 is 2.52 bits per heavy atom. The van der Waals surface area contributed by atoms with Crippen LogP contribution in [-0.4, -0.2) is 36.1 Å². The second-order valence-corrected chi connectivity index (χ2v) is 7.99. The van der Waals surface area contributed by atoms with Gasteiger partial charge in [-0.2, -0.15) is 0 Å². The lowest BCUT2D eigenvalue weighted by Gasteiger charge is -2.12. The topological polar surface area (TPSA) is 99.6 Å². The first kappa shape index (κ1) is 22.2. The number of nitrogens with one attached hydrogen (secondary N) is 1. The van der Waals surface area contributed by atoms with Crippen LogP contribution in [0.4, 0.5) is 5.13 Å². The average Bonchev–Trinajstić information content (AvgIpc) is 3.23. The Morgan fingerprint density at radius 2 is 1.85 bits per heavy atom. The van der Waals surface area contributed by atoms with Crippen molar-refractivity contribution in [1.29, 1.82) is 0 Å². The summed E-state index contributed by atoms with van der Waals surface area (Å²) in [6.07, 6.45) is 1.84. The van der Waals surface area contributed by atoms with E-state index in [1.54, 1.807) is 36.5 Å². The molecule has 2 heterocycles. The molecule has 8 nitrogen and oxygen atoms in total. The van der Waals surface area contributed by atoms with Crippen LogP contribution in [0.25, 0.3) is 10.9 Å². The van der Waals surface area contributed by atoms with Crippen molar-refractivity contribution in [3.05, 3.63) is 70.9 Å². The molecule has 0 aliphatic heterocycles. The molecule has 4 aromatic rings. The number of benzene rings is 2. The largest absolute Gasteiger partial charge is 0.496 e. The monoisotopic (exact) mass is 463 g/mol. The van der Waals surface area contributed by atoms with Gasteiger partial charge in [0.2, 0.25) is 5.91 Å². The molecule has 2 aromatic carbocycles. The molecule has 0 unspecified atom stereocenters. The summed E-state index contributed by atoms with van der Waals surface area (Å²) >= 11 is 1.39. The van der Waals surface area contributed by atoms with E-state index in [1.165, 1.54) is 25.6 Å². The second-order valence-electron chi connectivity index (χ2n) is 7.14. The van der Waals surface area contributed by atoms with E-state index in [9.17, 15) is 9.59 Å². The molecular weight excluding hydrogens is 442 g/mol. The number of nitrogens with zero attached hydrogens (tertiary/aromatic N) is 2. The SMILES string of the molecule is COC(=O)c1cc2c(Oc3ccc(CC(=O)Nc4nc(C)cs4)cc3)ccnc2cc1OC. The zero-order chi connectivity index (χ0) is 23.4. The summed E-state index contributed by atoms with van der Waals surface area (Å²) in [5.41, 5.74) is 2.60. The Balaban J connectivity index is 1.52. The van der Waals surface area contributed by atoms with Crippen molar-refractivity contribution in [2.45, 2.75) is 13.3 Å². The minimum absolute atomic E-state index is 0.137. The van der Waals surface area contributed by atoms with Crippen LogP contribution in [0.5, 0.6) is 17.2 Å². The minimum atomic E-state index is -0.515. The van der Waals surface area contributed by atoms with Gasteiger partial charge in [0.05, 0.1) is 31.9 Å². The summed E-state index contributed by atoms with van der Waals surface area (Å²) in [5, 5.41) is 5.91. The molecule has 33 heavy (non-hydrogen) atoms. The number of amides is 1. The van der Waals surface area contributed by atoms with Crippen LogP contribution in [0.2, 0.25) is 0 Å². The van der Waals surface area contributed by atoms with Crippen LogP contribution < -0.4 is 14.8 Å². The molecule has 168 valence electrons. The molecule has 0 aliphatic carbocycles. The van der Waals surface area contributed by atoms with E-state index < -0.39 is 5.97 Å². The van der Waals surface area contributed by atoms with E-state index >= 15 is 0 Å². The van der Waals surface area contributed by atoms with Gasteiger partial charge in [0.25, 0.3) is 0 Å². The predicted molar refractivity (Wildman–Crippen MR) is 125 cm³/mol. The Morgan fingerprint density at radius 1 is 1.06 bits per heavy atom. The van der Waals surface area contributed by atoms with Crippen molar-refractivity contribution in [3.8, 4) is 17.2 Å². The Kier molecular flexibility index (Phi) is 6.50. The zero-order valence-corrected chi connectivity index (χ0v) is 19.1. The maximum absolute atomic E-state index is 12.2. The van der Waals surface area contributed by atoms with Crippen LogP contribution >= 0.6 is 11.3 Å². The number of hydrogen-bond acceptors (Lipinski definition) is 8. The highest BCUT2D eigenvalue weighted by atomic mass is 32.1. The van der Waals surface area contributed by atoms with Gasteiger partial charge in [-0.05, 0) is 36.8 Å². The van der Waals surface area contributed by atoms with Crippen molar-refractivity contribution in [1.82, 2.24) is 9.97 Å². The molecular formula is C24H21N3O5S. The number of methoxy groups -OCH3 is 2. The predicted octanol–water partition coefficient (Wildman–Crippen LogP) is 4.77. The Bertz CT molecular complexity index is 1320. The van der Waals surface area contributed by atoms with Crippen LogP contribution in [0.3, 0.4) is 0 Å². The van der Waals surface area contributed by atoms with Crippen LogP contribution in [0.15, 0.2) is 54.0 Å². The third-order valence-corrected chi connectivity index (χ3v) is 5.68. The van der Waals surface area contributed by atoms with E-state index in [0.29, 0.717) is 33.3 Å². The summed E-state index contributed by atoms with van der Waals surface area (Å²) in [4.78, 5) is 33.0. The molecule has 2 aromatic heterocycles. The first-order chi connectivity index (χ1) is 16.0. The first-order valence-corrected chi connectivity index (χ1v) is 10.9. The fraction of sp³-hybridized carbons (Fsp3) is 0.167. The second kappa shape index (κ2) is 9.66. The highest BCUT2D eigenvalue weighted by molar-refractivity contribution is 7.13. The number of anilines is 1. The molecule has 0 fully saturated rings. The van der Waals surface area contributed by atoms with E-state index in [4.69, 9.17) is 14.2 Å². The first-order valence-electron chi connectivity index (χ1n) is 10.0. The van der Waals surface area contributed by atoms with Gasteiger partial charge >= 0.3 is 5.97 Å². The highest BCUT2D eigenvalue weighted by Crippen LogP contribution is 2.33. The molecule has 4 rings (SSSR count). The molecule has 0 saturated heterocycles. The molecule has 1 amide bonds. The van der Waals surface area contributed by atoms with E-state index in [0.717, 1.165) is 11.3 Å². The number of carbonyl (C=O) groups excluding carboxylic acids is 2. The Hall–Kier alpha value is -3.98. The van der Waals surface area contributed by atoms with Gasteiger partial charge in [0.1, 0.15) is 22.8 Å². The van der Waals surface area contributed by atoms with Gasteiger partial charge in [-0.25, -0.2) is 9.78 Å². The number of aromatic nitrogens is 2. The molecule has 0 saturated carbocycles. The number of esters is 1. The standard InChI is InChI=1S/C24H21N3O5S/c1-14-13-33-24(26-14)27-22(28)10-15-4-6-16(7-5-15)32-20-8-9-25-19-12-21(30-2)18(11-17(19)20)23(29)31-3/h4-9,11-13H,10H2,1-3H3,(H,26,27,28). The van der Waals surface area contributed by atoms with Gasteiger partial charge in [0, 0.05) is 23.0 Å². The summed E-state index contributed by atoms with van der Waals surface area (Å²) in [5.74, 6) is 0.825. The number of ether oxygens (including phenoxy) is 3. The Labute approximate surface area is 194 Å². The average molecular weight is 464 g/mol. The third kappa shape index (κ3) is 5.09. The van der Waals surface area contributed by atoms with Gasteiger partial charge in [-0.3, -0.25) is 9.78 Å². The summed E-state index contributed by atoms with van der Waals surface area (Å²) < 4.78 is 16.2. The van der Waals surface area contributed by atoms with E-state index in [2.05, 4.69) is 15.3 Å². The normalized spacial score (nSPS) is 10.6. The zero-order valence-electron chi connectivity index (χ0n) is 18.2. The van der Waals surface area contributed by atoms with Crippen LogP contribution in [-0.2, 0) is 16.0 Å². The lowest BCUT2D eigenvalue weighted by Crippen LogP contribution is -2.14. The summed E-state index contributed by atoms with van der Waals surface area (Å²) in [6.45, 7) is 1.88. The molecule has 0 atom stereocenters. The van der Waals surface area contributed by atoms with E-state index in [-0.39, 0.29) is 17.9 Å². The summed E-state index contributed by atoms with van der Waals surface area (Å²) in [7, 11) is 2.79. The molecule has 0 radical (unpaired) electrons. The number of hydrogen-bond donors (Lipinski definition) is 1. The number of rotatable bonds is 7. The maximum atomic E-state index is 12.2. The van der Waals surface area contributed by atoms with Crippen LogP contribution in [0, 0.1) is 6.92 Å². The maximum Gasteiger partial charge on any atom is 0.341 e. The number of pyridine rings is 1. The molecule has 1 N–H and O–H groups in total. The van der Waals surface area contributed by atoms with Crippen molar-refractivity contribution in [2.75, 3.05) is 19.5 Å². The summed E-state index contributed by atoms with van der Waals surface area (Å²) in [6, 6.07) is 12.2. The third-order valence-electron chi connectivity index (χ3n) is 4.81. The lowest BCUT2D eigenvalue weighted by molar-refractivity contribution is -0.115. The van der Waals surface area contributed by atoms with E-state index in [1.807, 2.05) is 24.4 Å². The minimum Gasteiger partial charge on any atom is -0.496 e. The van der Waals surface area contributed by atoms with Gasteiger partial charge in [-0.15, -0.1) is 11.3 Å². The van der Waals surface area contributed by atoms with Gasteiger partial charge in [0.15, 0.2) is 5.13 Å². The lowest BCUT2D eigenvalue weighted by atomic mass is 10.1. The van der Waals surface area contributed by atoms with Crippen LogP contribution in [0.1, 0.15) is 21.6 Å². The fourth-order valence-electron chi connectivity index (χ4n) is 3.24. The van der Waals surface area contributed by atoms with Crippen molar-refractivity contribution in [3.63, 3.8) is 0 Å². The van der Waals surface area contributed by atoms with Crippen molar-refractivity contribution >= 4 is 39.2 Å². The van der Waals surface area contributed by atoms with Crippen molar-refractivity contribution in [2.24, 2.45) is 0 Å². The quantitative estimate of drug-likeness (QED) is 0.394. The van der Waals surface area contributed by atoms with Gasteiger partial charge in [-0.1, -0.05) is 12.1 Å². The molecule has 0 spiro atoms. The number of carbonyl (C=O) groups is 2. The molecule has 9 heteroatoms.